The van der Waals surface area contributed by atoms with E-state index in [1.165, 1.54) is 17.0 Å². The molecule has 1 aromatic carbocycles. The highest BCUT2D eigenvalue weighted by Gasteiger charge is 2.20. The molecule has 1 aromatic rings. The lowest BCUT2D eigenvalue weighted by atomic mass is 10.1. The number of benzene rings is 1. The number of terminal acetylenes is 1. The van der Waals surface area contributed by atoms with Gasteiger partial charge < -0.3 is 4.90 Å². The Balaban J connectivity index is 3.18. The molecule has 5 heteroatoms. The fourth-order valence-corrected chi connectivity index (χ4v) is 1.66. The molecule has 0 N–H and O–H groups in total. The number of hydrogen-bond donors (Lipinski definition) is 0. The van der Waals surface area contributed by atoms with Crippen LogP contribution in [0, 0.1) is 29.4 Å². The number of nitro groups is 1. The number of rotatable bonds is 4. The van der Waals surface area contributed by atoms with Gasteiger partial charge >= 0.3 is 0 Å². The summed E-state index contributed by atoms with van der Waals surface area (Å²) >= 11 is 0. The molecule has 0 radical (unpaired) electrons. The van der Waals surface area contributed by atoms with E-state index in [0.29, 0.717) is 17.7 Å². The van der Waals surface area contributed by atoms with Gasteiger partial charge in [0, 0.05) is 23.7 Å². The molecule has 0 aliphatic rings. The van der Waals surface area contributed by atoms with Crippen molar-refractivity contribution in [3.63, 3.8) is 0 Å². The SMILES string of the molecule is C#CCN(CC)C(=O)c1cccc([N+](=O)[O-])c1C. The van der Waals surface area contributed by atoms with Gasteiger partial charge in [-0.05, 0) is 19.9 Å². The third-order valence-electron chi connectivity index (χ3n) is 2.68. The molecule has 94 valence electrons. The predicted octanol–water partition coefficient (Wildman–Crippen LogP) is 2.00. The molecule has 0 spiro atoms. The van der Waals surface area contributed by atoms with Gasteiger partial charge in [-0.2, -0.15) is 0 Å². The van der Waals surface area contributed by atoms with Crippen molar-refractivity contribution in [3.05, 3.63) is 39.4 Å². The van der Waals surface area contributed by atoms with Gasteiger partial charge in [0.15, 0.2) is 0 Å². The molecule has 0 unspecified atom stereocenters. The molecule has 1 rings (SSSR count). The Kier molecular flexibility index (Phi) is 4.44. The molecule has 0 saturated carbocycles. The molecule has 0 aliphatic carbocycles. The van der Waals surface area contributed by atoms with Crippen LogP contribution in [0.5, 0.6) is 0 Å². The van der Waals surface area contributed by atoms with E-state index in [1.54, 1.807) is 13.0 Å². The average molecular weight is 246 g/mol. The van der Waals surface area contributed by atoms with Gasteiger partial charge in [-0.15, -0.1) is 6.42 Å². The van der Waals surface area contributed by atoms with Gasteiger partial charge in [0.2, 0.25) is 0 Å². The van der Waals surface area contributed by atoms with Gasteiger partial charge in [-0.1, -0.05) is 12.0 Å². The molecule has 0 saturated heterocycles. The first-order chi connectivity index (χ1) is 8.52. The van der Waals surface area contributed by atoms with Crippen LogP contribution in [0.25, 0.3) is 0 Å². The summed E-state index contributed by atoms with van der Waals surface area (Å²) in [7, 11) is 0. The number of carbonyl (C=O) groups excluding carboxylic acids is 1. The van der Waals surface area contributed by atoms with Crippen LogP contribution in [0.4, 0.5) is 5.69 Å². The Morgan fingerprint density at radius 1 is 1.56 bits per heavy atom. The van der Waals surface area contributed by atoms with Crippen molar-refractivity contribution in [3.8, 4) is 12.3 Å². The van der Waals surface area contributed by atoms with Crippen molar-refractivity contribution in [1.82, 2.24) is 4.90 Å². The summed E-state index contributed by atoms with van der Waals surface area (Å²) in [4.78, 5) is 23.9. The number of amides is 1. The Labute approximate surface area is 106 Å². The Morgan fingerprint density at radius 3 is 2.72 bits per heavy atom. The summed E-state index contributed by atoms with van der Waals surface area (Å²) in [5.41, 5.74) is 0.627. The summed E-state index contributed by atoms with van der Waals surface area (Å²) in [5, 5.41) is 10.8. The van der Waals surface area contributed by atoms with Crippen LogP contribution in [-0.2, 0) is 0 Å². The van der Waals surface area contributed by atoms with Crippen molar-refractivity contribution in [2.45, 2.75) is 13.8 Å². The van der Waals surface area contributed by atoms with Gasteiger partial charge in [-0.3, -0.25) is 14.9 Å². The molecular weight excluding hydrogens is 232 g/mol. The average Bonchev–Trinajstić information content (AvgIpc) is 2.35. The molecule has 0 heterocycles. The molecule has 1 amide bonds. The lowest BCUT2D eigenvalue weighted by Crippen LogP contribution is -2.31. The summed E-state index contributed by atoms with van der Waals surface area (Å²) in [5.74, 6) is 2.12. The summed E-state index contributed by atoms with van der Waals surface area (Å²) in [6.45, 7) is 4.03. The van der Waals surface area contributed by atoms with Crippen LogP contribution in [0.1, 0.15) is 22.8 Å². The fourth-order valence-electron chi connectivity index (χ4n) is 1.66. The zero-order chi connectivity index (χ0) is 13.7. The van der Waals surface area contributed by atoms with Crippen LogP contribution in [0.2, 0.25) is 0 Å². The van der Waals surface area contributed by atoms with Crippen LogP contribution >= 0.6 is 0 Å². The van der Waals surface area contributed by atoms with Crippen LogP contribution in [-0.4, -0.2) is 28.8 Å². The first-order valence-electron chi connectivity index (χ1n) is 5.49. The molecule has 0 fully saturated rings. The van der Waals surface area contributed by atoms with E-state index in [2.05, 4.69) is 5.92 Å². The molecule has 0 bridgehead atoms. The first kappa shape index (κ1) is 13.7. The highest BCUT2D eigenvalue weighted by molar-refractivity contribution is 5.96. The van der Waals surface area contributed by atoms with Gasteiger partial charge in [0.25, 0.3) is 11.6 Å². The monoisotopic (exact) mass is 246 g/mol. The highest BCUT2D eigenvalue weighted by atomic mass is 16.6. The van der Waals surface area contributed by atoms with E-state index in [9.17, 15) is 14.9 Å². The minimum Gasteiger partial charge on any atom is -0.328 e. The Hall–Kier alpha value is -2.35. The predicted molar refractivity (Wildman–Crippen MR) is 68.2 cm³/mol. The lowest BCUT2D eigenvalue weighted by molar-refractivity contribution is -0.385. The van der Waals surface area contributed by atoms with E-state index < -0.39 is 4.92 Å². The molecule has 5 nitrogen and oxygen atoms in total. The quantitative estimate of drug-likeness (QED) is 0.463. The Morgan fingerprint density at radius 2 is 2.22 bits per heavy atom. The minimum atomic E-state index is -0.496. The summed E-state index contributed by atoms with van der Waals surface area (Å²) in [6.07, 6.45) is 5.18. The maximum atomic E-state index is 12.2. The molecule has 18 heavy (non-hydrogen) atoms. The number of nitro benzene ring substituents is 1. The van der Waals surface area contributed by atoms with Crippen LogP contribution in [0.15, 0.2) is 18.2 Å². The van der Waals surface area contributed by atoms with Crippen molar-refractivity contribution in [1.29, 1.82) is 0 Å². The maximum absolute atomic E-state index is 12.2. The van der Waals surface area contributed by atoms with E-state index in [1.807, 2.05) is 6.92 Å². The number of hydrogen-bond acceptors (Lipinski definition) is 3. The second kappa shape index (κ2) is 5.82. The smallest absolute Gasteiger partial charge is 0.273 e. The standard InChI is InChI=1S/C13H14N2O3/c1-4-9-14(5-2)13(16)11-7-6-8-12(10(11)3)15(17)18/h1,6-8H,5,9H2,2-3H3. The topological polar surface area (TPSA) is 63.5 Å². The second-order valence-corrected chi connectivity index (χ2v) is 3.73. The normalized spacial score (nSPS) is 9.61. The van der Waals surface area contributed by atoms with Crippen molar-refractivity contribution in [2.24, 2.45) is 0 Å². The molecular formula is C13H14N2O3. The van der Waals surface area contributed by atoms with Crippen molar-refractivity contribution < 1.29 is 9.72 Å². The number of carbonyl (C=O) groups is 1. The van der Waals surface area contributed by atoms with E-state index in [0.717, 1.165) is 0 Å². The molecule has 0 aromatic heterocycles. The fraction of sp³-hybridized carbons (Fsp3) is 0.308. The lowest BCUT2D eigenvalue weighted by Gasteiger charge is -2.18. The van der Waals surface area contributed by atoms with Gasteiger partial charge in [0.1, 0.15) is 0 Å². The van der Waals surface area contributed by atoms with E-state index >= 15 is 0 Å². The van der Waals surface area contributed by atoms with E-state index in [4.69, 9.17) is 6.42 Å². The number of nitrogens with zero attached hydrogens (tertiary/aromatic N) is 2. The zero-order valence-electron chi connectivity index (χ0n) is 10.3. The maximum Gasteiger partial charge on any atom is 0.273 e. The van der Waals surface area contributed by atoms with Crippen LogP contribution < -0.4 is 0 Å². The minimum absolute atomic E-state index is 0.0578. The third-order valence-corrected chi connectivity index (χ3v) is 2.68. The third kappa shape index (κ3) is 2.66. The summed E-state index contributed by atoms with van der Waals surface area (Å²) < 4.78 is 0. The molecule has 0 aliphatic heterocycles. The zero-order valence-corrected chi connectivity index (χ0v) is 10.3. The van der Waals surface area contributed by atoms with Crippen molar-refractivity contribution in [2.75, 3.05) is 13.1 Å². The second-order valence-electron chi connectivity index (χ2n) is 3.73. The largest absolute Gasteiger partial charge is 0.328 e. The highest BCUT2D eigenvalue weighted by Crippen LogP contribution is 2.22. The Bertz CT molecular complexity index is 517. The van der Waals surface area contributed by atoms with Crippen molar-refractivity contribution >= 4 is 11.6 Å². The first-order valence-corrected chi connectivity index (χ1v) is 5.49. The summed E-state index contributed by atoms with van der Waals surface area (Å²) in [6, 6.07) is 4.45. The van der Waals surface area contributed by atoms with Gasteiger partial charge in [-0.25, -0.2) is 0 Å². The van der Waals surface area contributed by atoms with Crippen LogP contribution in [0.3, 0.4) is 0 Å². The van der Waals surface area contributed by atoms with E-state index in [-0.39, 0.29) is 18.1 Å². The molecule has 0 atom stereocenters. The van der Waals surface area contributed by atoms with Gasteiger partial charge in [0.05, 0.1) is 11.5 Å².